The lowest BCUT2D eigenvalue weighted by Gasteiger charge is -2.27. The largest absolute Gasteiger partial charge is 0.481 e. The van der Waals surface area contributed by atoms with Crippen LogP contribution in [-0.4, -0.2) is 117 Å². The predicted molar refractivity (Wildman–Crippen MR) is 195 cm³/mol. The molecule has 55 heavy (non-hydrogen) atoms. The van der Waals surface area contributed by atoms with Gasteiger partial charge in [-0.1, -0.05) is 60.7 Å². The van der Waals surface area contributed by atoms with Crippen molar-refractivity contribution in [1.29, 1.82) is 0 Å². The molecule has 0 aromatic heterocycles. The fourth-order valence-corrected chi connectivity index (χ4v) is 5.24. The molecule has 2 aromatic rings. The molecule has 19 heteroatoms. The fourth-order valence-electron chi connectivity index (χ4n) is 5.24. The number of hydrogen-bond donors (Lipinski definition) is 11. The Hall–Kier alpha value is -5.92. The molecule has 0 saturated carbocycles. The zero-order valence-corrected chi connectivity index (χ0v) is 30.0. The Morgan fingerprint density at radius 1 is 0.545 bits per heavy atom. The van der Waals surface area contributed by atoms with Gasteiger partial charge in [0.15, 0.2) is 0 Å². The van der Waals surface area contributed by atoms with Gasteiger partial charge >= 0.3 is 17.9 Å². The standard InChI is InChI=1S/C36H49N7O12/c37-16-8-7-13-25(36(54)55)40-32(50)24(14-15-29(45)46)39-33(51)27(18-22-11-5-2-6-12-22)42-35(53)28(19-30(47)48)43-34(52)26(41-31(49)23(38)20-44)17-21-9-3-1-4-10-21/h1-6,9-12,23-28,44H,7-8,13-20,37-38H2,(H,39,51)(H,40,50)(H,41,49)(H,42,53)(H,43,52)(H,45,46)(H,47,48)(H,54,55)/t23-,24-,25-,26-,27-,28-/m0/s1. The number of nitrogens with one attached hydrogen (secondary N) is 5. The van der Waals surface area contributed by atoms with E-state index in [0.717, 1.165) is 0 Å². The van der Waals surface area contributed by atoms with Gasteiger partial charge in [-0.15, -0.1) is 0 Å². The number of carboxylic acids is 3. The molecule has 13 N–H and O–H groups in total. The second-order valence-electron chi connectivity index (χ2n) is 12.6. The van der Waals surface area contributed by atoms with Crippen molar-refractivity contribution in [2.24, 2.45) is 11.5 Å². The van der Waals surface area contributed by atoms with Crippen LogP contribution in [0, 0.1) is 0 Å². The van der Waals surface area contributed by atoms with E-state index in [1.54, 1.807) is 60.7 Å². The number of carboxylic acid groups (broad SMARTS) is 3. The van der Waals surface area contributed by atoms with Crippen molar-refractivity contribution < 1.29 is 58.8 Å². The van der Waals surface area contributed by atoms with Crippen LogP contribution in [-0.2, 0) is 51.2 Å². The van der Waals surface area contributed by atoms with Crippen LogP contribution >= 0.6 is 0 Å². The lowest BCUT2D eigenvalue weighted by atomic mass is 10.0. The lowest BCUT2D eigenvalue weighted by molar-refractivity contribution is -0.143. The highest BCUT2D eigenvalue weighted by molar-refractivity contribution is 5.97. The number of aliphatic hydroxyl groups excluding tert-OH is 1. The van der Waals surface area contributed by atoms with Crippen molar-refractivity contribution in [3.63, 3.8) is 0 Å². The van der Waals surface area contributed by atoms with E-state index in [1.165, 1.54) is 0 Å². The van der Waals surface area contributed by atoms with Gasteiger partial charge in [0.05, 0.1) is 13.0 Å². The molecular weight excluding hydrogens is 722 g/mol. The Labute approximate surface area is 316 Å². The van der Waals surface area contributed by atoms with Crippen LogP contribution in [0.25, 0.3) is 0 Å². The summed E-state index contributed by atoms with van der Waals surface area (Å²) in [4.78, 5) is 102. The number of unbranched alkanes of at least 4 members (excludes halogenated alkanes) is 1. The number of aliphatic carboxylic acids is 3. The Morgan fingerprint density at radius 2 is 0.982 bits per heavy atom. The topological polar surface area (TPSA) is 330 Å². The molecule has 2 rings (SSSR count). The fraction of sp³-hybridized carbons (Fsp3) is 0.444. The molecular formula is C36H49N7O12. The Balaban J connectivity index is 2.40. The first-order valence-electron chi connectivity index (χ1n) is 17.5. The second-order valence-corrected chi connectivity index (χ2v) is 12.6. The molecule has 0 aliphatic heterocycles. The van der Waals surface area contributed by atoms with Gasteiger partial charge < -0.3 is 58.5 Å². The van der Waals surface area contributed by atoms with Gasteiger partial charge in [-0.3, -0.25) is 33.6 Å². The zero-order chi connectivity index (χ0) is 40.9. The van der Waals surface area contributed by atoms with Gasteiger partial charge in [-0.25, -0.2) is 4.79 Å². The van der Waals surface area contributed by atoms with Crippen LogP contribution in [0.15, 0.2) is 60.7 Å². The predicted octanol–water partition coefficient (Wildman–Crippen LogP) is -2.23. The minimum Gasteiger partial charge on any atom is -0.481 e. The summed E-state index contributed by atoms with van der Waals surface area (Å²) in [6, 6.07) is 7.49. The quantitative estimate of drug-likeness (QED) is 0.0476. The summed E-state index contributed by atoms with van der Waals surface area (Å²) in [5.74, 6) is -9.22. The first kappa shape index (κ1) is 45.2. The first-order chi connectivity index (χ1) is 26.1. The third-order valence-electron chi connectivity index (χ3n) is 8.22. The normalized spacial score (nSPS) is 14.1. The number of rotatable bonds is 25. The van der Waals surface area contributed by atoms with Crippen molar-refractivity contribution in [1.82, 2.24) is 26.6 Å². The number of amides is 5. The summed E-state index contributed by atoms with van der Waals surface area (Å²) in [5.41, 5.74) is 12.2. The average molecular weight is 772 g/mol. The van der Waals surface area contributed by atoms with Crippen LogP contribution in [0.3, 0.4) is 0 Å². The zero-order valence-electron chi connectivity index (χ0n) is 30.0. The highest BCUT2D eigenvalue weighted by atomic mass is 16.4. The number of hydrogen-bond acceptors (Lipinski definition) is 11. The number of carbonyl (C=O) groups is 8. The molecule has 0 heterocycles. The van der Waals surface area contributed by atoms with Gasteiger partial charge in [0.1, 0.15) is 36.3 Å². The lowest BCUT2D eigenvalue weighted by Crippen LogP contribution is -2.60. The molecule has 0 unspecified atom stereocenters. The molecule has 19 nitrogen and oxygen atoms in total. The Morgan fingerprint density at radius 3 is 1.44 bits per heavy atom. The van der Waals surface area contributed by atoms with E-state index in [2.05, 4.69) is 26.6 Å². The molecule has 0 saturated heterocycles. The maximum atomic E-state index is 13.8. The molecule has 2 aromatic carbocycles. The van der Waals surface area contributed by atoms with E-state index in [-0.39, 0.29) is 25.8 Å². The highest BCUT2D eigenvalue weighted by Gasteiger charge is 2.34. The van der Waals surface area contributed by atoms with E-state index in [0.29, 0.717) is 24.0 Å². The van der Waals surface area contributed by atoms with E-state index in [4.69, 9.17) is 11.5 Å². The third-order valence-corrected chi connectivity index (χ3v) is 8.22. The van der Waals surface area contributed by atoms with Gasteiger partial charge in [-0.2, -0.15) is 0 Å². The van der Waals surface area contributed by atoms with E-state index >= 15 is 0 Å². The van der Waals surface area contributed by atoms with Crippen LogP contribution < -0.4 is 38.1 Å². The second kappa shape index (κ2) is 23.7. The van der Waals surface area contributed by atoms with Crippen molar-refractivity contribution in [2.45, 2.75) is 87.6 Å². The van der Waals surface area contributed by atoms with Crippen molar-refractivity contribution in [3.8, 4) is 0 Å². The van der Waals surface area contributed by atoms with Gasteiger partial charge in [0.2, 0.25) is 29.5 Å². The number of benzene rings is 2. The molecule has 0 aliphatic rings. The van der Waals surface area contributed by atoms with E-state index < -0.39 is 110 Å². The summed E-state index contributed by atoms with van der Waals surface area (Å²) in [6.07, 6.45) is -1.53. The molecule has 5 amide bonds. The minimum atomic E-state index is -1.81. The van der Waals surface area contributed by atoms with E-state index in [1.807, 2.05) is 0 Å². The Bertz CT molecular complexity index is 1610. The highest BCUT2D eigenvalue weighted by Crippen LogP contribution is 2.10. The molecule has 0 fully saturated rings. The van der Waals surface area contributed by atoms with Gasteiger partial charge in [-0.05, 0) is 43.4 Å². The average Bonchev–Trinajstić information content (AvgIpc) is 3.15. The van der Waals surface area contributed by atoms with Crippen molar-refractivity contribution >= 4 is 47.4 Å². The molecule has 0 bridgehead atoms. The SMILES string of the molecule is NCCCC[C@H](NC(=O)[C@H](CCC(=O)O)NC(=O)[C@H](Cc1ccccc1)NC(=O)[C@H](CC(=O)O)NC(=O)[C@H](Cc1ccccc1)NC(=O)[C@@H](N)CO)C(=O)O. The number of nitrogens with two attached hydrogens (primary N) is 2. The van der Waals surface area contributed by atoms with Gasteiger partial charge in [0, 0.05) is 19.3 Å². The molecule has 0 aliphatic carbocycles. The third kappa shape index (κ3) is 16.7. The first-order valence-corrected chi connectivity index (χ1v) is 17.5. The van der Waals surface area contributed by atoms with Crippen molar-refractivity contribution in [3.05, 3.63) is 71.8 Å². The maximum Gasteiger partial charge on any atom is 0.326 e. The maximum absolute atomic E-state index is 13.8. The summed E-state index contributed by atoms with van der Waals surface area (Å²) >= 11 is 0. The molecule has 6 atom stereocenters. The number of aliphatic hydroxyl groups is 1. The smallest absolute Gasteiger partial charge is 0.326 e. The molecule has 300 valence electrons. The van der Waals surface area contributed by atoms with Crippen LogP contribution in [0.5, 0.6) is 0 Å². The molecule has 0 radical (unpaired) electrons. The Kier molecular flexibility index (Phi) is 19.5. The summed E-state index contributed by atoms with van der Waals surface area (Å²) in [5, 5.41) is 49.7. The van der Waals surface area contributed by atoms with Crippen LogP contribution in [0.2, 0.25) is 0 Å². The van der Waals surface area contributed by atoms with Crippen molar-refractivity contribution in [2.75, 3.05) is 13.2 Å². The van der Waals surface area contributed by atoms with Crippen LogP contribution in [0.1, 0.15) is 49.7 Å². The molecule has 0 spiro atoms. The summed E-state index contributed by atoms with van der Waals surface area (Å²) < 4.78 is 0. The van der Waals surface area contributed by atoms with Crippen LogP contribution in [0.4, 0.5) is 0 Å². The summed E-state index contributed by atoms with van der Waals surface area (Å²) in [6.45, 7) is -0.457. The monoisotopic (exact) mass is 771 g/mol. The summed E-state index contributed by atoms with van der Waals surface area (Å²) in [7, 11) is 0. The van der Waals surface area contributed by atoms with E-state index in [9.17, 15) is 58.8 Å². The minimum absolute atomic E-state index is 0.00533. The van der Waals surface area contributed by atoms with Gasteiger partial charge in [0.25, 0.3) is 0 Å². The number of carbonyl (C=O) groups excluding carboxylic acids is 5.